The molecule has 2 aliphatic rings. The van der Waals surface area contributed by atoms with Crippen LogP contribution in [-0.2, 0) is 0 Å². The minimum atomic E-state index is 0.394. The summed E-state index contributed by atoms with van der Waals surface area (Å²) in [5.74, 6) is 1.88. The molecule has 0 saturated heterocycles. The molecule has 1 unspecified atom stereocenters. The van der Waals surface area contributed by atoms with E-state index in [1.807, 2.05) is 0 Å². The Bertz CT molecular complexity index is 214. The molecule has 0 aromatic rings. The van der Waals surface area contributed by atoms with Gasteiger partial charge in [-0.2, -0.15) is 5.26 Å². The molecular weight excluding hydrogens is 182 g/mol. The van der Waals surface area contributed by atoms with Gasteiger partial charge < -0.3 is 0 Å². The summed E-state index contributed by atoms with van der Waals surface area (Å²) in [5.41, 5.74) is 0. The van der Waals surface area contributed by atoms with Crippen LogP contribution in [0.1, 0.15) is 64.2 Å². The monoisotopic (exact) mass is 205 g/mol. The lowest BCUT2D eigenvalue weighted by Gasteiger charge is -2.25. The predicted octanol–water partition coefficient (Wildman–Crippen LogP) is 4.29. The molecule has 1 atom stereocenters. The van der Waals surface area contributed by atoms with E-state index in [2.05, 4.69) is 6.07 Å². The summed E-state index contributed by atoms with van der Waals surface area (Å²) in [4.78, 5) is 0. The Morgan fingerprint density at radius 1 is 0.733 bits per heavy atom. The molecule has 0 aromatic heterocycles. The highest BCUT2D eigenvalue weighted by Gasteiger charge is 2.31. The molecule has 2 saturated carbocycles. The van der Waals surface area contributed by atoms with E-state index in [-0.39, 0.29) is 0 Å². The van der Waals surface area contributed by atoms with Gasteiger partial charge in [0.25, 0.3) is 0 Å². The Morgan fingerprint density at radius 3 is 1.53 bits per heavy atom. The smallest absolute Gasteiger partial charge is 0.0661 e. The SMILES string of the molecule is N#CC(C1CCCCCC1)C1CCCC1. The van der Waals surface area contributed by atoms with Gasteiger partial charge in [0.1, 0.15) is 0 Å². The minimum absolute atomic E-state index is 0.394. The zero-order valence-corrected chi connectivity index (χ0v) is 9.75. The molecule has 15 heavy (non-hydrogen) atoms. The quantitative estimate of drug-likeness (QED) is 0.617. The van der Waals surface area contributed by atoms with Crippen LogP contribution < -0.4 is 0 Å². The van der Waals surface area contributed by atoms with E-state index >= 15 is 0 Å². The van der Waals surface area contributed by atoms with Gasteiger partial charge in [-0.15, -0.1) is 0 Å². The summed E-state index contributed by atoms with van der Waals surface area (Å²) < 4.78 is 0. The van der Waals surface area contributed by atoms with Crippen LogP contribution in [0.25, 0.3) is 0 Å². The molecule has 0 spiro atoms. The van der Waals surface area contributed by atoms with Gasteiger partial charge in [0, 0.05) is 0 Å². The Kier molecular flexibility index (Phi) is 4.06. The Morgan fingerprint density at radius 2 is 1.13 bits per heavy atom. The van der Waals surface area contributed by atoms with Crippen LogP contribution in [-0.4, -0.2) is 0 Å². The highest BCUT2D eigenvalue weighted by Crippen LogP contribution is 2.39. The van der Waals surface area contributed by atoms with Crippen molar-refractivity contribution >= 4 is 0 Å². The van der Waals surface area contributed by atoms with E-state index in [0.29, 0.717) is 5.92 Å². The first-order valence-electron chi connectivity index (χ1n) is 6.81. The average Bonchev–Trinajstić information content (AvgIpc) is 2.63. The third-order valence-corrected chi connectivity index (χ3v) is 4.46. The summed E-state index contributed by atoms with van der Waals surface area (Å²) in [5, 5.41) is 9.38. The molecule has 2 fully saturated rings. The summed E-state index contributed by atoms with van der Waals surface area (Å²) in [6.45, 7) is 0. The Labute approximate surface area is 93.9 Å². The van der Waals surface area contributed by atoms with Gasteiger partial charge in [-0.25, -0.2) is 0 Å². The van der Waals surface area contributed by atoms with Crippen LogP contribution in [0.4, 0.5) is 0 Å². The molecule has 2 aliphatic carbocycles. The minimum Gasteiger partial charge on any atom is -0.198 e. The number of hydrogen-bond donors (Lipinski definition) is 0. The molecule has 1 nitrogen and oxygen atoms in total. The van der Waals surface area contributed by atoms with Crippen molar-refractivity contribution in [3.8, 4) is 6.07 Å². The summed E-state index contributed by atoms with van der Waals surface area (Å²) >= 11 is 0. The molecule has 0 bridgehead atoms. The maximum absolute atomic E-state index is 9.38. The highest BCUT2D eigenvalue weighted by molar-refractivity contribution is 4.94. The van der Waals surface area contributed by atoms with Crippen molar-refractivity contribution < 1.29 is 0 Å². The lowest BCUT2D eigenvalue weighted by atomic mass is 9.78. The third kappa shape index (κ3) is 2.74. The first-order valence-corrected chi connectivity index (χ1v) is 6.81. The first kappa shape index (κ1) is 11.0. The fourth-order valence-corrected chi connectivity index (χ4v) is 3.58. The summed E-state index contributed by atoms with van der Waals surface area (Å²) in [6.07, 6.45) is 13.6. The highest BCUT2D eigenvalue weighted by atomic mass is 14.4. The van der Waals surface area contributed by atoms with Crippen LogP contribution in [0.5, 0.6) is 0 Å². The van der Waals surface area contributed by atoms with E-state index in [9.17, 15) is 5.26 Å². The Hall–Kier alpha value is -0.510. The van der Waals surface area contributed by atoms with Gasteiger partial charge in [-0.05, 0) is 37.5 Å². The number of rotatable bonds is 2. The maximum atomic E-state index is 9.38. The van der Waals surface area contributed by atoms with E-state index in [1.165, 1.54) is 64.2 Å². The van der Waals surface area contributed by atoms with Crippen molar-refractivity contribution in [1.29, 1.82) is 5.26 Å². The number of nitriles is 1. The molecule has 0 N–H and O–H groups in total. The topological polar surface area (TPSA) is 23.8 Å². The number of hydrogen-bond acceptors (Lipinski definition) is 1. The fraction of sp³-hybridized carbons (Fsp3) is 0.929. The molecule has 0 aliphatic heterocycles. The first-order chi connectivity index (χ1) is 7.42. The van der Waals surface area contributed by atoms with Crippen LogP contribution in [0.2, 0.25) is 0 Å². The van der Waals surface area contributed by atoms with Gasteiger partial charge in [0.15, 0.2) is 0 Å². The van der Waals surface area contributed by atoms with Crippen molar-refractivity contribution in [3.05, 3.63) is 0 Å². The second kappa shape index (κ2) is 5.54. The lowest BCUT2D eigenvalue weighted by Crippen LogP contribution is -2.20. The maximum Gasteiger partial charge on any atom is 0.0661 e. The van der Waals surface area contributed by atoms with Crippen molar-refractivity contribution in [1.82, 2.24) is 0 Å². The van der Waals surface area contributed by atoms with E-state index in [0.717, 1.165) is 11.8 Å². The average molecular weight is 205 g/mol. The van der Waals surface area contributed by atoms with Gasteiger partial charge in [-0.3, -0.25) is 0 Å². The van der Waals surface area contributed by atoms with Crippen LogP contribution in [0, 0.1) is 29.1 Å². The fourth-order valence-electron chi connectivity index (χ4n) is 3.58. The van der Waals surface area contributed by atoms with Crippen molar-refractivity contribution in [2.24, 2.45) is 17.8 Å². The molecule has 84 valence electrons. The summed E-state index contributed by atoms with van der Waals surface area (Å²) in [7, 11) is 0. The van der Waals surface area contributed by atoms with E-state index < -0.39 is 0 Å². The predicted molar refractivity (Wildman–Crippen MR) is 62.3 cm³/mol. The lowest BCUT2D eigenvalue weighted by molar-refractivity contribution is 0.265. The van der Waals surface area contributed by atoms with E-state index in [1.54, 1.807) is 0 Å². The third-order valence-electron chi connectivity index (χ3n) is 4.46. The molecule has 0 heterocycles. The van der Waals surface area contributed by atoms with Crippen molar-refractivity contribution in [2.45, 2.75) is 64.2 Å². The molecule has 1 heteroatoms. The molecule has 0 radical (unpaired) electrons. The van der Waals surface area contributed by atoms with Crippen LogP contribution in [0.15, 0.2) is 0 Å². The van der Waals surface area contributed by atoms with Crippen LogP contribution in [0.3, 0.4) is 0 Å². The van der Waals surface area contributed by atoms with Gasteiger partial charge in [0.2, 0.25) is 0 Å². The second-order valence-corrected chi connectivity index (χ2v) is 5.45. The normalized spacial score (nSPS) is 27.1. The van der Waals surface area contributed by atoms with E-state index in [4.69, 9.17) is 0 Å². The molecule has 0 amide bonds. The largest absolute Gasteiger partial charge is 0.198 e. The van der Waals surface area contributed by atoms with Gasteiger partial charge >= 0.3 is 0 Å². The molecular formula is C14H23N. The molecule has 0 aromatic carbocycles. The molecule has 2 rings (SSSR count). The standard InChI is InChI=1S/C14H23N/c15-11-14(13-9-5-6-10-13)12-7-3-1-2-4-8-12/h12-14H,1-10H2. The van der Waals surface area contributed by atoms with Crippen LogP contribution >= 0.6 is 0 Å². The number of nitrogens with zero attached hydrogens (tertiary/aromatic N) is 1. The Balaban J connectivity index is 1.94. The summed E-state index contributed by atoms with van der Waals surface area (Å²) in [6, 6.07) is 2.64. The second-order valence-electron chi connectivity index (χ2n) is 5.45. The van der Waals surface area contributed by atoms with Crippen molar-refractivity contribution in [3.63, 3.8) is 0 Å². The van der Waals surface area contributed by atoms with Gasteiger partial charge in [0.05, 0.1) is 12.0 Å². The van der Waals surface area contributed by atoms with Crippen molar-refractivity contribution in [2.75, 3.05) is 0 Å². The zero-order valence-electron chi connectivity index (χ0n) is 9.75. The zero-order chi connectivity index (χ0) is 10.5. The van der Waals surface area contributed by atoms with Gasteiger partial charge in [-0.1, -0.05) is 38.5 Å².